The number of thiocarbonyl (C=S) groups is 1. The third-order valence-corrected chi connectivity index (χ3v) is 4.53. The van der Waals surface area contributed by atoms with E-state index in [4.69, 9.17) is 12.2 Å². The van der Waals surface area contributed by atoms with Gasteiger partial charge in [-0.15, -0.1) is 13.2 Å². The van der Waals surface area contributed by atoms with Gasteiger partial charge in [-0.3, -0.25) is 0 Å². The average molecular weight is 473 g/mol. The van der Waals surface area contributed by atoms with E-state index in [0.29, 0.717) is 0 Å². The summed E-state index contributed by atoms with van der Waals surface area (Å²) in [4.78, 5) is 1.13. The first-order valence-corrected chi connectivity index (χ1v) is 9.20. The number of halogens is 6. The third kappa shape index (κ3) is 5.64. The van der Waals surface area contributed by atoms with Crippen LogP contribution in [0.2, 0.25) is 0 Å². The van der Waals surface area contributed by atoms with Crippen LogP contribution in [0.1, 0.15) is 18.1 Å². The number of nitriles is 1. The zero-order chi connectivity index (χ0) is 23.7. The molecule has 3 rings (SSSR count). The number of hydrogen-bond acceptors (Lipinski definition) is 5. The van der Waals surface area contributed by atoms with Crippen molar-refractivity contribution in [2.45, 2.75) is 31.5 Å². The second-order valence-electron chi connectivity index (χ2n) is 6.90. The Bertz CT molecular complexity index is 1180. The number of nitrogens with zero attached hydrogens (tertiary/aromatic N) is 4. The molecule has 6 nitrogen and oxygen atoms in total. The molecular weight excluding hydrogens is 460 g/mol. The quantitative estimate of drug-likeness (QED) is 0.432. The molecule has 0 saturated heterocycles. The molecule has 1 aromatic heterocycles. The fraction of sp³-hybridized carbons (Fsp3) is 0.263. The van der Waals surface area contributed by atoms with E-state index in [2.05, 4.69) is 20.3 Å². The van der Waals surface area contributed by atoms with E-state index in [1.807, 2.05) is 6.07 Å². The van der Waals surface area contributed by atoms with E-state index >= 15 is 0 Å². The zero-order valence-corrected chi connectivity index (χ0v) is 16.9. The molecule has 0 aliphatic carbocycles. The standard InChI is InChI=1S/C19H13F6N5OS/c1-17(9-26,27-16(32)11-2-4-12(5-3-11)18(20,21)22)10-30-28-14-7-6-13(8-15(14)29-30)31-19(23,24)25/h2-8H,10H2,1H3,(H,27,32). The maximum absolute atomic E-state index is 12.7. The summed E-state index contributed by atoms with van der Waals surface area (Å²) < 4.78 is 79.1. The van der Waals surface area contributed by atoms with Gasteiger partial charge in [-0.2, -0.15) is 33.4 Å². The molecule has 0 spiro atoms. The second kappa shape index (κ2) is 8.27. The van der Waals surface area contributed by atoms with Gasteiger partial charge in [0.05, 0.1) is 18.2 Å². The molecule has 2 aromatic carbocycles. The molecule has 32 heavy (non-hydrogen) atoms. The Labute approximate surface area is 182 Å². The first-order chi connectivity index (χ1) is 14.8. The molecule has 1 heterocycles. The average Bonchev–Trinajstić information content (AvgIpc) is 3.07. The van der Waals surface area contributed by atoms with Gasteiger partial charge >= 0.3 is 12.5 Å². The molecule has 1 atom stereocenters. The topological polar surface area (TPSA) is 75.8 Å². The van der Waals surface area contributed by atoms with Crippen molar-refractivity contribution < 1.29 is 31.1 Å². The lowest BCUT2D eigenvalue weighted by molar-refractivity contribution is -0.274. The summed E-state index contributed by atoms with van der Waals surface area (Å²) in [5, 5.41) is 20.5. The molecule has 1 unspecified atom stereocenters. The zero-order valence-electron chi connectivity index (χ0n) is 16.1. The van der Waals surface area contributed by atoms with Crippen molar-refractivity contribution in [3.05, 3.63) is 53.6 Å². The van der Waals surface area contributed by atoms with E-state index in [1.54, 1.807) is 0 Å². The van der Waals surface area contributed by atoms with Gasteiger partial charge in [-0.05, 0) is 31.2 Å². The SMILES string of the molecule is CC(C#N)(Cn1nc2ccc(OC(F)(F)F)cc2n1)NC(=S)c1ccc(C(F)(F)F)cc1. The van der Waals surface area contributed by atoms with Crippen LogP contribution in [0.4, 0.5) is 26.3 Å². The highest BCUT2D eigenvalue weighted by atomic mass is 32.1. The number of benzene rings is 2. The second-order valence-corrected chi connectivity index (χ2v) is 7.31. The molecule has 0 saturated carbocycles. The van der Waals surface area contributed by atoms with Crippen LogP contribution in [0.5, 0.6) is 5.75 Å². The van der Waals surface area contributed by atoms with E-state index in [0.717, 1.165) is 29.1 Å². The third-order valence-electron chi connectivity index (χ3n) is 4.20. The molecule has 0 bridgehead atoms. The minimum absolute atomic E-state index is 0.0281. The molecule has 13 heteroatoms. The highest BCUT2D eigenvalue weighted by molar-refractivity contribution is 7.80. The first-order valence-electron chi connectivity index (χ1n) is 8.80. The minimum Gasteiger partial charge on any atom is -0.406 e. The summed E-state index contributed by atoms with van der Waals surface area (Å²) in [6.07, 6.45) is -9.35. The van der Waals surface area contributed by atoms with Crippen LogP contribution in [0.25, 0.3) is 11.0 Å². The Hall–Kier alpha value is -3.40. The number of hydrogen-bond donors (Lipinski definition) is 1. The first kappa shape index (κ1) is 23.3. The lowest BCUT2D eigenvalue weighted by atomic mass is 10.0. The minimum atomic E-state index is -4.86. The van der Waals surface area contributed by atoms with Gasteiger partial charge < -0.3 is 10.1 Å². The Morgan fingerprint density at radius 2 is 1.69 bits per heavy atom. The van der Waals surface area contributed by atoms with Crippen LogP contribution in [0.3, 0.4) is 0 Å². The van der Waals surface area contributed by atoms with Crippen molar-refractivity contribution in [2.24, 2.45) is 0 Å². The summed E-state index contributed by atoms with van der Waals surface area (Å²) in [5.41, 5.74) is -1.57. The molecule has 0 aliphatic heterocycles. The van der Waals surface area contributed by atoms with Gasteiger partial charge in [-0.25, -0.2) is 0 Å². The number of rotatable bonds is 5. The van der Waals surface area contributed by atoms with E-state index < -0.39 is 29.4 Å². The lowest BCUT2D eigenvalue weighted by Crippen LogP contribution is -2.48. The number of aromatic nitrogens is 3. The van der Waals surface area contributed by atoms with Gasteiger partial charge in [0.1, 0.15) is 27.3 Å². The number of nitrogens with one attached hydrogen (secondary N) is 1. The van der Waals surface area contributed by atoms with Crippen molar-refractivity contribution in [1.29, 1.82) is 5.26 Å². The highest BCUT2D eigenvalue weighted by Crippen LogP contribution is 2.29. The van der Waals surface area contributed by atoms with Crippen LogP contribution in [0.15, 0.2) is 42.5 Å². The highest BCUT2D eigenvalue weighted by Gasteiger charge is 2.32. The van der Waals surface area contributed by atoms with E-state index in [9.17, 15) is 31.6 Å². The largest absolute Gasteiger partial charge is 0.573 e. The summed E-state index contributed by atoms with van der Waals surface area (Å²) in [7, 11) is 0. The summed E-state index contributed by atoms with van der Waals surface area (Å²) in [5.74, 6) is -0.471. The van der Waals surface area contributed by atoms with Crippen LogP contribution < -0.4 is 10.1 Å². The maximum atomic E-state index is 12.7. The normalized spacial score (nSPS) is 13.9. The van der Waals surface area contributed by atoms with Crippen molar-refractivity contribution in [1.82, 2.24) is 20.3 Å². The molecule has 0 fully saturated rings. The number of ether oxygens (including phenoxy) is 1. The van der Waals surface area contributed by atoms with Crippen molar-refractivity contribution in [3.63, 3.8) is 0 Å². The maximum Gasteiger partial charge on any atom is 0.573 e. The van der Waals surface area contributed by atoms with Crippen LogP contribution >= 0.6 is 12.2 Å². The fourth-order valence-corrected chi connectivity index (χ4v) is 3.09. The number of fused-ring (bicyclic) bond motifs is 1. The van der Waals surface area contributed by atoms with Crippen LogP contribution in [-0.4, -0.2) is 31.9 Å². The summed E-state index contributed by atoms with van der Waals surface area (Å²) >= 11 is 5.20. The predicted molar refractivity (Wildman–Crippen MR) is 105 cm³/mol. The molecule has 0 radical (unpaired) electrons. The summed E-state index contributed by atoms with van der Waals surface area (Å²) in [6, 6.07) is 9.51. The molecule has 168 valence electrons. The van der Waals surface area contributed by atoms with Crippen molar-refractivity contribution in [3.8, 4) is 11.8 Å². The van der Waals surface area contributed by atoms with Gasteiger partial charge in [0.25, 0.3) is 0 Å². The van der Waals surface area contributed by atoms with Gasteiger partial charge in [0.15, 0.2) is 0 Å². The number of alkyl halides is 6. The predicted octanol–water partition coefficient (Wildman–Crippen LogP) is 4.60. The Balaban J connectivity index is 1.76. The van der Waals surface area contributed by atoms with Gasteiger partial charge in [-0.1, -0.05) is 24.4 Å². The Kier molecular flexibility index (Phi) is 6.01. The Morgan fingerprint density at radius 1 is 1.06 bits per heavy atom. The van der Waals surface area contributed by atoms with Crippen molar-refractivity contribution >= 4 is 28.2 Å². The monoisotopic (exact) mass is 473 g/mol. The van der Waals surface area contributed by atoms with E-state index in [1.165, 1.54) is 25.1 Å². The van der Waals surface area contributed by atoms with E-state index in [-0.39, 0.29) is 28.1 Å². The molecule has 3 aromatic rings. The van der Waals surface area contributed by atoms with Crippen LogP contribution in [0, 0.1) is 11.3 Å². The van der Waals surface area contributed by atoms with Crippen LogP contribution in [-0.2, 0) is 12.7 Å². The van der Waals surface area contributed by atoms with Gasteiger partial charge in [0.2, 0.25) is 0 Å². The van der Waals surface area contributed by atoms with Crippen molar-refractivity contribution in [2.75, 3.05) is 0 Å². The Morgan fingerprint density at radius 3 is 2.25 bits per heavy atom. The lowest BCUT2D eigenvalue weighted by Gasteiger charge is -2.24. The van der Waals surface area contributed by atoms with Gasteiger partial charge in [0, 0.05) is 11.6 Å². The molecular formula is C19H13F6N5OS. The molecule has 0 aliphatic rings. The smallest absolute Gasteiger partial charge is 0.406 e. The summed E-state index contributed by atoms with van der Waals surface area (Å²) in [6.45, 7) is 1.31. The molecule has 0 amide bonds. The molecule has 1 N–H and O–H groups in total. The fourth-order valence-electron chi connectivity index (χ4n) is 2.73.